The number of guanidine groups is 1. The highest BCUT2D eigenvalue weighted by atomic mass is 15.3. The highest BCUT2D eigenvalue weighted by Crippen LogP contribution is 2.26. The van der Waals surface area contributed by atoms with Crippen LogP contribution in [0.5, 0.6) is 0 Å². The SMILES string of the molecule is CCNC(=NCC(C)N1CCN(C)CC1)N1CCC(c2cnn(C)c2)C1. The number of likely N-dealkylation sites (N-methyl/N-ethyl adjacent to an activating group) is 1. The maximum atomic E-state index is 4.98. The fourth-order valence-electron chi connectivity index (χ4n) is 3.90. The summed E-state index contributed by atoms with van der Waals surface area (Å²) in [6.45, 7) is 12.9. The third kappa shape index (κ3) is 4.76. The van der Waals surface area contributed by atoms with Gasteiger partial charge in [0.1, 0.15) is 0 Å². The lowest BCUT2D eigenvalue weighted by Crippen LogP contribution is -2.49. The molecule has 1 aromatic heterocycles. The Bertz CT molecular complexity index is 588. The molecule has 7 heteroatoms. The molecule has 1 aromatic rings. The van der Waals surface area contributed by atoms with E-state index in [0.717, 1.165) is 58.3 Å². The van der Waals surface area contributed by atoms with Crippen LogP contribution in [0.25, 0.3) is 0 Å². The number of aromatic nitrogens is 2. The first kappa shape index (κ1) is 19.2. The van der Waals surface area contributed by atoms with Crippen LogP contribution in [0.3, 0.4) is 0 Å². The Kier molecular flexibility index (Phi) is 6.53. The Morgan fingerprint density at radius 3 is 2.69 bits per heavy atom. The summed E-state index contributed by atoms with van der Waals surface area (Å²) in [5, 5.41) is 7.82. The average Bonchev–Trinajstić information content (AvgIpc) is 3.28. The number of hydrogen-bond acceptors (Lipinski definition) is 4. The Hall–Kier alpha value is -1.60. The number of aliphatic imine (C=N–C) groups is 1. The molecule has 0 spiro atoms. The molecule has 7 nitrogen and oxygen atoms in total. The summed E-state index contributed by atoms with van der Waals surface area (Å²) < 4.78 is 1.90. The van der Waals surface area contributed by atoms with E-state index in [9.17, 15) is 0 Å². The molecular formula is C19H35N7. The van der Waals surface area contributed by atoms with E-state index in [1.807, 2.05) is 17.9 Å². The maximum Gasteiger partial charge on any atom is 0.193 e. The van der Waals surface area contributed by atoms with Crippen LogP contribution < -0.4 is 5.32 Å². The molecule has 0 radical (unpaired) electrons. The summed E-state index contributed by atoms with van der Waals surface area (Å²) in [5.74, 6) is 1.63. The van der Waals surface area contributed by atoms with Gasteiger partial charge in [-0.2, -0.15) is 5.10 Å². The molecule has 3 rings (SSSR count). The van der Waals surface area contributed by atoms with Crippen molar-refractivity contribution < 1.29 is 0 Å². The second-order valence-electron chi connectivity index (χ2n) is 7.76. The Labute approximate surface area is 158 Å². The van der Waals surface area contributed by atoms with Crippen LogP contribution >= 0.6 is 0 Å². The fraction of sp³-hybridized carbons (Fsp3) is 0.789. The minimum Gasteiger partial charge on any atom is -0.357 e. The van der Waals surface area contributed by atoms with E-state index < -0.39 is 0 Å². The van der Waals surface area contributed by atoms with E-state index in [-0.39, 0.29) is 0 Å². The van der Waals surface area contributed by atoms with Gasteiger partial charge < -0.3 is 15.1 Å². The van der Waals surface area contributed by atoms with E-state index >= 15 is 0 Å². The molecule has 26 heavy (non-hydrogen) atoms. The monoisotopic (exact) mass is 361 g/mol. The molecule has 1 N–H and O–H groups in total. The highest BCUT2D eigenvalue weighted by Gasteiger charge is 2.27. The first-order chi connectivity index (χ1) is 12.6. The van der Waals surface area contributed by atoms with E-state index in [2.05, 4.69) is 52.2 Å². The largest absolute Gasteiger partial charge is 0.357 e. The van der Waals surface area contributed by atoms with Gasteiger partial charge in [-0.1, -0.05) is 0 Å². The van der Waals surface area contributed by atoms with Crippen molar-refractivity contribution >= 4 is 5.96 Å². The van der Waals surface area contributed by atoms with Crippen LogP contribution in [-0.2, 0) is 7.05 Å². The van der Waals surface area contributed by atoms with Crippen LogP contribution in [0.4, 0.5) is 0 Å². The average molecular weight is 362 g/mol. The first-order valence-corrected chi connectivity index (χ1v) is 10.0. The van der Waals surface area contributed by atoms with Crippen molar-refractivity contribution in [2.45, 2.75) is 32.2 Å². The molecule has 0 aliphatic carbocycles. The molecule has 0 aromatic carbocycles. The third-order valence-electron chi connectivity index (χ3n) is 5.69. The first-order valence-electron chi connectivity index (χ1n) is 10.0. The number of rotatable bonds is 5. The van der Waals surface area contributed by atoms with E-state index in [1.54, 1.807) is 0 Å². The lowest BCUT2D eigenvalue weighted by Gasteiger charge is -2.36. The second kappa shape index (κ2) is 8.86. The highest BCUT2D eigenvalue weighted by molar-refractivity contribution is 5.80. The van der Waals surface area contributed by atoms with Crippen molar-refractivity contribution in [3.05, 3.63) is 18.0 Å². The predicted octanol–water partition coefficient (Wildman–Crippen LogP) is 0.811. The van der Waals surface area contributed by atoms with Gasteiger partial charge in [0.05, 0.1) is 12.7 Å². The van der Waals surface area contributed by atoms with Gasteiger partial charge in [0, 0.05) is 71.0 Å². The summed E-state index contributed by atoms with van der Waals surface area (Å²) >= 11 is 0. The molecule has 2 aliphatic heterocycles. The van der Waals surface area contributed by atoms with E-state index in [1.165, 1.54) is 12.0 Å². The molecule has 3 heterocycles. The quantitative estimate of drug-likeness (QED) is 0.621. The number of piperazine rings is 1. The molecule has 2 fully saturated rings. The second-order valence-corrected chi connectivity index (χ2v) is 7.76. The topological polar surface area (TPSA) is 51.9 Å². The minimum atomic E-state index is 0.495. The van der Waals surface area contributed by atoms with Gasteiger partial charge in [-0.3, -0.25) is 14.6 Å². The molecule has 2 aliphatic rings. The standard InChI is InChI=1S/C19H35N7/c1-5-20-19(21-12-16(2)25-10-8-23(3)9-11-25)26-7-6-17(15-26)18-13-22-24(4)14-18/h13-14,16-17H,5-12,15H2,1-4H3,(H,20,21). The van der Waals surface area contributed by atoms with Crippen molar-refractivity contribution in [2.24, 2.45) is 12.0 Å². The van der Waals surface area contributed by atoms with Crippen molar-refractivity contribution in [1.82, 2.24) is 29.8 Å². The maximum absolute atomic E-state index is 4.98. The summed E-state index contributed by atoms with van der Waals surface area (Å²) in [7, 11) is 4.19. The van der Waals surface area contributed by atoms with Gasteiger partial charge in [-0.25, -0.2) is 0 Å². The Balaban J connectivity index is 1.57. The summed E-state index contributed by atoms with van der Waals surface area (Å²) in [6, 6.07) is 0.495. The van der Waals surface area contributed by atoms with Gasteiger partial charge >= 0.3 is 0 Å². The molecule has 0 amide bonds. The van der Waals surface area contributed by atoms with Gasteiger partial charge in [0.15, 0.2) is 5.96 Å². The Morgan fingerprint density at radius 1 is 1.27 bits per heavy atom. The number of likely N-dealkylation sites (tertiary alicyclic amines) is 1. The lowest BCUT2D eigenvalue weighted by molar-refractivity contribution is 0.122. The van der Waals surface area contributed by atoms with Crippen molar-refractivity contribution in [3.63, 3.8) is 0 Å². The van der Waals surface area contributed by atoms with Crippen LogP contribution in [0, 0.1) is 0 Å². The third-order valence-corrected chi connectivity index (χ3v) is 5.69. The molecular weight excluding hydrogens is 326 g/mol. The van der Waals surface area contributed by atoms with Gasteiger partial charge in [0.2, 0.25) is 0 Å². The number of nitrogens with one attached hydrogen (secondary N) is 1. The molecule has 2 atom stereocenters. The summed E-state index contributed by atoms with van der Waals surface area (Å²) in [6.07, 6.45) is 5.32. The molecule has 2 saturated heterocycles. The fourth-order valence-corrected chi connectivity index (χ4v) is 3.90. The summed E-state index contributed by atoms with van der Waals surface area (Å²) in [4.78, 5) is 12.4. The van der Waals surface area contributed by atoms with Crippen molar-refractivity contribution in [1.29, 1.82) is 0 Å². The van der Waals surface area contributed by atoms with Gasteiger partial charge in [-0.05, 0) is 32.9 Å². The van der Waals surface area contributed by atoms with E-state index in [4.69, 9.17) is 4.99 Å². The van der Waals surface area contributed by atoms with Crippen LogP contribution in [0.1, 0.15) is 31.7 Å². The van der Waals surface area contributed by atoms with Crippen molar-refractivity contribution in [3.8, 4) is 0 Å². The minimum absolute atomic E-state index is 0.495. The smallest absolute Gasteiger partial charge is 0.193 e. The van der Waals surface area contributed by atoms with Crippen molar-refractivity contribution in [2.75, 3.05) is 59.4 Å². The number of aryl methyl sites for hydroxylation is 1. The van der Waals surface area contributed by atoms with Crippen LogP contribution in [0.2, 0.25) is 0 Å². The van der Waals surface area contributed by atoms with E-state index in [0.29, 0.717) is 12.0 Å². The van der Waals surface area contributed by atoms with Gasteiger partial charge in [-0.15, -0.1) is 0 Å². The number of nitrogens with zero attached hydrogens (tertiary/aromatic N) is 6. The number of hydrogen-bond donors (Lipinski definition) is 1. The molecule has 0 saturated carbocycles. The zero-order valence-electron chi connectivity index (χ0n) is 16.9. The normalized spacial score (nSPS) is 24.2. The molecule has 2 unspecified atom stereocenters. The molecule has 146 valence electrons. The lowest BCUT2D eigenvalue weighted by atomic mass is 10.0. The zero-order chi connectivity index (χ0) is 18.5. The van der Waals surface area contributed by atoms with Gasteiger partial charge in [0.25, 0.3) is 0 Å². The van der Waals surface area contributed by atoms with Crippen LogP contribution in [-0.4, -0.2) is 95.9 Å². The molecule has 0 bridgehead atoms. The predicted molar refractivity (Wildman–Crippen MR) is 107 cm³/mol. The van der Waals surface area contributed by atoms with Crippen LogP contribution in [0.15, 0.2) is 17.4 Å². The Morgan fingerprint density at radius 2 is 2.04 bits per heavy atom. The summed E-state index contributed by atoms with van der Waals surface area (Å²) in [5.41, 5.74) is 1.34. The zero-order valence-corrected chi connectivity index (χ0v) is 16.9.